The summed E-state index contributed by atoms with van der Waals surface area (Å²) in [5.74, 6) is 0. The van der Waals surface area contributed by atoms with Crippen molar-refractivity contribution in [3.8, 4) is 0 Å². The van der Waals surface area contributed by atoms with Crippen molar-refractivity contribution in [2.75, 3.05) is 6.54 Å². The summed E-state index contributed by atoms with van der Waals surface area (Å²) >= 11 is 0. The van der Waals surface area contributed by atoms with Crippen molar-refractivity contribution in [3.63, 3.8) is 0 Å². The monoisotopic (exact) mass is 257 g/mol. The third-order valence-corrected chi connectivity index (χ3v) is 3.49. The highest BCUT2D eigenvalue weighted by molar-refractivity contribution is 4.55. The van der Waals surface area contributed by atoms with Crippen molar-refractivity contribution >= 4 is 0 Å². The predicted octanol–water partition coefficient (Wildman–Crippen LogP) is 4.62. The number of hydrogen-bond donors (Lipinski definition) is 2. The van der Waals surface area contributed by atoms with E-state index in [1.54, 1.807) is 0 Å². The van der Waals surface area contributed by atoms with Gasteiger partial charge in [0.05, 0.1) is 0 Å². The average molecular weight is 257 g/mol. The largest absolute Gasteiger partial charge is 0.379 e. The molecule has 0 aromatic rings. The second kappa shape index (κ2) is 15.0. The van der Waals surface area contributed by atoms with Gasteiger partial charge in [0.1, 0.15) is 6.23 Å². The Bertz CT molecular complexity index is 150. The van der Waals surface area contributed by atoms with Gasteiger partial charge < -0.3 is 5.11 Å². The van der Waals surface area contributed by atoms with E-state index in [1.165, 1.54) is 57.8 Å². The molecule has 0 aliphatic carbocycles. The Morgan fingerprint density at radius 1 is 0.722 bits per heavy atom. The molecule has 1 atom stereocenters. The molecule has 0 amide bonds. The predicted molar refractivity (Wildman–Crippen MR) is 80.8 cm³/mol. The molecular formula is C16H35NO. The van der Waals surface area contributed by atoms with Crippen LogP contribution in [0.15, 0.2) is 0 Å². The molecule has 0 aromatic heterocycles. The van der Waals surface area contributed by atoms with E-state index in [4.69, 9.17) is 0 Å². The van der Waals surface area contributed by atoms with E-state index in [1.807, 2.05) is 0 Å². The van der Waals surface area contributed by atoms with E-state index in [0.717, 1.165) is 25.8 Å². The highest BCUT2D eigenvalue weighted by atomic mass is 16.3. The molecule has 2 nitrogen and oxygen atoms in total. The smallest absolute Gasteiger partial charge is 0.104 e. The summed E-state index contributed by atoms with van der Waals surface area (Å²) in [6.07, 6.45) is 15.1. The lowest BCUT2D eigenvalue weighted by atomic mass is 10.1. The molecule has 0 saturated heterocycles. The van der Waals surface area contributed by atoms with Gasteiger partial charge in [0.2, 0.25) is 0 Å². The second-order valence-corrected chi connectivity index (χ2v) is 5.44. The third-order valence-electron chi connectivity index (χ3n) is 3.49. The molecule has 2 N–H and O–H groups in total. The normalized spacial score (nSPS) is 12.8. The second-order valence-electron chi connectivity index (χ2n) is 5.44. The summed E-state index contributed by atoms with van der Waals surface area (Å²) in [5.41, 5.74) is 0. The molecule has 1 unspecified atom stereocenters. The van der Waals surface area contributed by atoms with Crippen molar-refractivity contribution in [2.45, 2.75) is 97.1 Å². The first-order valence-corrected chi connectivity index (χ1v) is 8.22. The lowest BCUT2D eigenvalue weighted by Gasteiger charge is -2.12. The van der Waals surface area contributed by atoms with Crippen molar-refractivity contribution in [1.29, 1.82) is 0 Å². The molecule has 0 bridgehead atoms. The zero-order chi connectivity index (χ0) is 13.5. The van der Waals surface area contributed by atoms with Crippen molar-refractivity contribution in [2.24, 2.45) is 0 Å². The zero-order valence-electron chi connectivity index (χ0n) is 12.7. The van der Waals surface area contributed by atoms with E-state index in [-0.39, 0.29) is 6.23 Å². The van der Waals surface area contributed by atoms with Gasteiger partial charge in [0, 0.05) is 0 Å². The molecule has 0 saturated carbocycles. The van der Waals surface area contributed by atoms with E-state index in [9.17, 15) is 5.11 Å². The number of unbranched alkanes of at least 4 members (excludes halogenated alkanes) is 9. The third kappa shape index (κ3) is 14.0. The highest BCUT2D eigenvalue weighted by Crippen LogP contribution is 2.10. The molecule has 0 aromatic carbocycles. The van der Waals surface area contributed by atoms with Gasteiger partial charge in [-0.1, -0.05) is 71.6 Å². The van der Waals surface area contributed by atoms with Gasteiger partial charge in [-0.15, -0.1) is 0 Å². The summed E-state index contributed by atoms with van der Waals surface area (Å²) in [5, 5.41) is 12.8. The Kier molecular flexibility index (Phi) is 14.9. The Labute approximate surface area is 115 Å². The molecular weight excluding hydrogens is 222 g/mol. The molecule has 0 aliphatic heterocycles. The first kappa shape index (κ1) is 17.9. The van der Waals surface area contributed by atoms with E-state index in [0.29, 0.717) is 0 Å². The minimum absolute atomic E-state index is 0.277. The topological polar surface area (TPSA) is 32.3 Å². The first-order chi connectivity index (χ1) is 8.81. The number of rotatable bonds is 14. The fourth-order valence-corrected chi connectivity index (χ4v) is 2.20. The summed E-state index contributed by atoms with van der Waals surface area (Å²) in [6.45, 7) is 5.39. The van der Waals surface area contributed by atoms with Crippen LogP contribution in [0.3, 0.4) is 0 Å². The van der Waals surface area contributed by atoms with Crippen LogP contribution in [0.5, 0.6) is 0 Å². The summed E-state index contributed by atoms with van der Waals surface area (Å²) in [7, 11) is 0. The first-order valence-electron chi connectivity index (χ1n) is 8.22. The van der Waals surface area contributed by atoms with Gasteiger partial charge in [0.15, 0.2) is 0 Å². The number of aliphatic hydroxyl groups is 1. The van der Waals surface area contributed by atoms with Crippen LogP contribution < -0.4 is 5.32 Å². The summed E-state index contributed by atoms with van der Waals surface area (Å²) in [4.78, 5) is 0. The van der Waals surface area contributed by atoms with E-state index >= 15 is 0 Å². The average Bonchev–Trinajstić information content (AvgIpc) is 2.37. The highest BCUT2D eigenvalue weighted by Gasteiger charge is 2.01. The van der Waals surface area contributed by atoms with Crippen LogP contribution >= 0.6 is 0 Å². The molecule has 18 heavy (non-hydrogen) atoms. The van der Waals surface area contributed by atoms with Crippen molar-refractivity contribution < 1.29 is 5.11 Å². The Morgan fingerprint density at radius 3 is 1.78 bits per heavy atom. The van der Waals surface area contributed by atoms with Crippen molar-refractivity contribution in [3.05, 3.63) is 0 Å². The SMILES string of the molecule is CCCCCCCCCCCC(O)NCCCC. The van der Waals surface area contributed by atoms with Gasteiger partial charge >= 0.3 is 0 Å². The minimum atomic E-state index is -0.277. The molecule has 2 heteroatoms. The fraction of sp³-hybridized carbons (Fsp3) is 1.00. The number of nitrogens with one attached hydrogen (secondary N) is 1. The van der Waals surface area contributed by atoms with Crippen LogP contribution in [0.25, 0.3) is 0 Å². The maximum absolute atomic E-state index is 9.66. The molecule has 0 radical (unpaired) electrons. The van der Waals surface area contributed by atoms with Gasteiger partial charge in [-0.25, -0.2) is 0 Å². The molecule has 110 valence electrons. The number of hydrogen-bond acceptors (Lipinski definition) is 2. The van der Waals surface area contributed by atoms with Crippen LogP contribution in [0.4, 0.5) is 0 Å². The summed E-state index contributed by atoms with van der Waals surface area (Å²) < 4.78 is 0. The Morgan fingerprint density at radius 2 is 1.22 bits per heavy atom. The van der Waals surface area contributed by atoms with Gasteiger partial charge in [0.25, 0.3) is 0 Å². The van der Waals surface area contributed by atoms with Gasteiger partial charge in [-0.3, -0.25) is 5.32 Å². The number of aliphatic hydroxyl groups excluding tert-OH is 1. The van der Waals surface area contributed by atoms with E-state index < -0.39 is 0 Å². The van der Waals surface area contributed by atoms with Crippen LogP contribution in [-0.4, -0.2) is 17.9 Å². The molecule has 0 heterocycles. The summed E-state index contributed by atoms with van der Waals surface area (Å²) in [6, 6.07) is 0. The molecule has 0 rings (SSSR count). The quantitative estimate of drug-likeness (QED) is 0.352. The maximum atomic E-state index is 9.66. The Balaban J connectivity index is 3.05. The lowest BCUT2D eigenvalue weighted by molar-refractivity contribution is 0.124. The van der Waals surface area contributed by atoms with Gasteiger partial charge in [-0.05, 0) is 25.8 Å². The lowest BCUT2D eigenvalue weighted by Crippen LogP contribution is -2.29. The minimum Gasteiger partial charge on any atom is -0.379 e. The van der Waals surface area contributed by atoms with Crippen molar-refractivity contribution in [1.82, 2.24) is 5.32 Å². The van der Waals surface area contributed by atoms with Crippen LogP contribution in [0.1, 0.15) is 90.9 Å². The molecule has 0 aliphatic rings. The zero-order valence-corrected chi connectivity index (χ0v) is 12.7. The molecule has 0 spiro atoms. The standard InChI is InChI=1S/C16H35NO/c1-3-5-7-8-9-10-11-12-13-14-16(18)17-15-6-4-2/h16-18H,3-15H2,1-2H3. The fourth-order valence-electron chi connectivity index (χ4n) is 2.20. The van der Waals surface area contributed by atoms with Crippen LogP contribution in [0, 0.1) is 0 Å². The maximum Gasteiger partial charge on any atom is 0.104 e. The van der Waals surface area contributed by atoms with Crippen LogP contribution in [-0.2, 0) is 0 Å². The molecule has 0 fully saturated rings. The Hall–Kier alpha value is -0.0800. The van der Waals surface area contributed by atoms with E-state index in [2.05, 4.69) is 19.2 Å². The van der Waals surface area contributed by atoms with Gasteiger partial charge in [-0.2, -0.15) is 0 Å². The van der Waals surface area contributed by atoms with Crippen LogP contribution in [0.2, 0.25) is 0 Å².